The molecule has 8 heteroatoms. The third-order valence-corrected chi connectivity index (χ3v) is 4.42. The maximum Gasteiger partial charge on any atom is 0.251 e. The predicted octanol–water partition coefficient (Wildman–Crippen LogP) is 4.64. The normalized spacial score (nSPS) is 10.4. The maximum absolute atomic E-state index is 14.5. The van der Waals surface area contributed by atoms with Gasteiger partial charge in [-0.2, -0.15) is 0 Å². The number of amides is 1. The van der Waals surface area contributed by atoms with E-state index in [2.05, 4.69) is 10.6 Å². The minimum absolute atomic E-state index is 0.149. The van der Waals surface area contributed by atoms with E-state index in [1.54, 1.807) is 54.6 Å². The first-order valence-electron chi connectivity index (χ1n) is 8.17. The van der Waals surface area contributed by atoms with Crippen molar-refractivity contribution in [2.45, 2.75) is 0 Å². The van der Waals surface area contributed by atoms with Crippen molar-refractivity contribution >= 4 is 51.9 Å². The first kappa shape index (κ1) is 19.6. The summed E-state index contributed by atoms with van der Waals surface area (Å²) in [5, 5.41) is 6.84. The van der Waals surface area contributed by atoms with E-state index in [0.29, 0.717) is 32.8 Å². The van der Waals surface area contributed by atoms with Gasteiger partial charge in [-0.25, -0.2) is 4.39 Å². The van der Waals surface area contributed by atoms with Gasteiger partial charge in [-0.15, -0.1) is 0 Å². The number of nitrogen functional groups attached to an aromatic ring is 1. The van der Waals surface area contributed by atoms with E-state index >= 15 is 0 Å². The molecular formula is C20H16ClFN4OS. The minimum atomic E-state index is -0.811. The van der Waals surface area contributed by atoms with Gasteiger partial charge in [0.25, 0.3) is 5.91 Å². The van der Waals surface area contributed by atoms with Crippen LogP contribution in [-0.2, 0) is 0 Å². The number of nitrogens with two attached hydrogens (primary N) is 2. The molecule has 1 amide bonds. The topological polar surface area (TPSA) is 93.2 Å². The second kappa shape index (κ2) is 8.24. The Morgan fingerprint density at radius 1 is 1.04 bits per heavy atom. The standard InChI is InChI=1S/C20H16ClFN4OS/c21-12-6-9-16(23)17(10-12)26-20(28)25-13-7-4-11(5-8-13)14-2-1-3-15(18(14)22)19(24)27/h1-10H,23H2,(H2,24,27)(H2,25,26,28). The molecule has 0 saturated heterocycles. The lowest BCUT2D eigenvalue weighted by molar-refractivity contribution is 0.0996. The monoisotopic (exact) mass is 414 g/mol. The summed E-state index contributed by atoms with van der Waals surface area (Å²) in [6.45, 7) is 0. The molecular weight excluding hydrogens is 399 g/mol. The zero-order valence-electron chi connectivity index (χ0n) is 14.5. The lowest BCUT2D eigenvalue weighted by Crippen LogP contribution is -2.19. The van der Waals surface area contributed by atoms with Gasteiger partial charge < -0.3 is 22.1 Å². The van der Waals surface area contributed by atoms with Crippen LogP contribution in [-0.4, -0.2) is 11.0 Å². The molecule has 0 spiro atoms. The molecule has 0 aromatic heterocycles. The van der Waals surface area contributed by atoms with Crippen LogP contribution in [0.3, 0.4) is 0 Å². The molecule has 0 saturated carbocycles. The molecule has 0 aliphatic carbocycles. The number of rotatable bonds is 4. The highest BCUT2D eigenvalue weighted by molar-refractivity contribution is 7.80. The number of hydrogen-bond donors (Lipinski definition) is 4. The van der Waals surface area contributed by atoms with Gasteiger partial charge in [0.2, 0.25) is 0 Å². The summed E-state index contributed by atoms with van der Waals surface area (Å²) in [4.78, 5) is 11.3. The first-order chi connectivity index (χ1) is 13.3. The number of anilines is 3. The molecule has 3 aromatic rings. The summed E-state index contributed by atoms with van der Waals surface area (Å²) in [5.41, 5.74) is 13.6. The highest BCUT2D eigenvalue weighted by Crippen LogP contribution is 2.27. The number of halogens is 2. The van der Waals surface area contributed by atoms with Crippen LogP contribution >= 0.6 is 23.8 Å². The second-order valence-corrected chi connectivity index (χ2v) is 6.76. The van der Waals surface area contributed by atoms with Crippen molar-refractivity contribution in [1.82, 2.24) is 0 Å². The van der Waals surface area contributed by atoms with Crippen LogP contribution in [0.25, 0.3) is 11.1 Å². The Morgan fingerprint density at radius 3 is 2.43 bits per heavy atom. The Labute approximate surface area is 171 Å². The van der Waals surface area contributed by atoms with Gasteiger partial charge in [-0.1, -0.05) is 35.9 Å². The number of benzene rings is 3. The van der Waals surface area contributed by atoms with Gasteiger partial charge >= 0.3 is 0 Å². The number of hydrogen-bond acceptors (Lipinski definition) is 3. The summed E-state index contributed by atoms with van der Waals surface area (Å²) in [6, 6.07) is 16.4. The molecule has 0 aliphatic heterocycles. The van der Waals surface area contributed by atoms with E-state index in [-0.39, 0.29) is 11.1 Å². The molecule has 0 fully saturated rings. The van der Waals surface area contributed by atoms with Gasteiger partial charge in [0.15, 0.2) is 5.11 Å². The van der Waals surface area contributed by atoms with Gasteiger partial charge in [0, 0.05) is 16.3 Å². The molecule has 142 valence electrons. The summed E-state index contributed by atoms with van der Waals surface area (Å²) in [6.07, 6.45) is 0. The molecule has 0 unspecified atom stereocenters. The average molecular weight is 415 g/mol. The fourth-order valence-electron chi connectivity index (χ4n) is 2.60. The average Bonchev–Trinajstić information content (AvgIpc) is 2.65. The fraction of sp³-hybridized carbons (Fsp3) is 0. The van der Waals surface area contributed by atoms with Crippen LogP contribution in [0.1, 0.15) is 10.4 Å². The third kappa shape index (κ3) is 4.39. The van der Waals surface area contributed by atoms with Crippen molar-refractivity contribution in [2.75, 3.05) is 16.4 Å². The highest BCUT2D eigenvalue weighted by atomic mass is 35.5. The van der Waals surface area contributed by atoms with Crippen molar-refractivity contribution in [3.63, 3.8) is 0 Å². The molecule has 0 atom stereocenters. The van der Waals surface area contributed by atoms with Crippen LogP contribution in [0.4, 0.5) is 21.5 Å². The molecule has 0 heterocycles. The maximum atomic E-state index is 14.5. The van der Waals surface area contributed by atoms with Crippen molar-refractivity contribution < 1.29 is 9.18 Å². The largest absolute Gasteiger partial charge is 0.397 e. The summed E-state index contributed by atoms with van der Waals surface area (Å²) < 4.78 is 14.5. The van der Waals surface area contributed by atoms with Gasteiger partial charge in [0.1, 0.15) is 5.82 Å². The molecule has 3 aromatic carbocycles. The zero-order chi connectivity index (χ0) is 20.3. The Kier molecular flexibility index (Phi) is 5.77. The predicted molar refractivity (Wildman–Crippen MR) is 116 cm³/mol. The summed E-state index contributed by atoms with van der Waals surface area (Å²) in [5.74, 6) is -1.46. The summed E-state index contributed by atoms with van der Waals surface area (Å²) >= 11 is 11.2. The molecule has 0 aliphatic rings. The number of carbonyl (C=O) groups is 1. The lowest BCUT2D eigenvalue weighted by atomic mass is 10.0. The van der Waals surface area contributed by atoms with E-state index in [9.17, 15) is 9.18 Å². The Balaban J connectivity index is 1.75. The fourth-order valence-corrected chi connectivity index (χ4v) is 3.00. The Bertz CT molecular complexity index is 1060. The van der Waals surface area contributed by atoms with Crippen molar-refractivity contribution in [2.24, 2.45) is 5.73 Å². The van der Waals surface area contributed by atoms with Crippen LogP contribution in [0.5, 0.6) is 0 Å². The van der Waals surface area contributed by atoms with E-state index in [0.717, 1.165) is 0 Å². The van der Waals surface area contributed by atoms with Crippen LogP contribution < -0.4 is 22.1 Å². The van der Waals surface area contributed by atoms with Crippen molar-refractivity contribution in [3.05, 3.63) is 77.1 Å². The van der Waals surface area contributed by atoms with E-state index in [1.807, 2.05) is 0 Å². The molecule has 3 rings (SSSR count). The van der Waals surface area contributed by atoms with Crippen LogP contribution in [0, 0.1) is 5.82 Å². The molecule has 28 heavy (non-hydrogen) atoms. The van der Waals surface area contributed by atoms with Crippen molar-refractivity contribution in [1.29, 1.82) is 0 Å². The molecule has 0 bridgehead atoms. The van der Waals surface area contributed by atoms with Gasteiger partial charge in [0.05, 0.1) is 16.9 Å². The number of thiocarbonyl (C=S) groups is 1. The van der Waals surface area contributed by atoms with Crippen LogP contribution in [0.15, 0.2) is 60.7 Å². The lowest BCUT2D eigenvalue weighted by Gasteiger charge is -2.13. The van der Waals surface area contributed by atoms with E-state index < -0.39 is 11.7 Å². The van der Waals surface area contributed by atoms with Gasteiger partial charge in [-0.05, 0) is 54.2 Å². The SMILES string of the molecule is NC(=O)c1cccc(-c2ccc(NC(=S)Nc3cc(Cl)ccc3N)cc2)c1F. The number of nitrogens with one attached hydrogen (secondary N) is 2. The summed E-state index contributed by atoms with van der Waals surface area (Å²) in [7, 11) is 0. The second-order valence-electron chi connectivity index (χ2n) is 5.92. The molecule has 0 radical (unpaired) electrons. The van der Waals surface area contributed by atoms with Crippen LogP contribution in [0.2, 0.25) is 5.02 Å². The van der Waals surface area contributed by atoms with Gasteiger partial charge in [-0.3, -0.25) is 4.79 Å². The Morgan fingerprint density at radius 2 is 1.75 bits per heavy atom. The molecule has 5 nitrogen and oxygen atoms in total. The van der Waals surface area contributed by atoms with Crippen molar-refractivity contribution in [3.8, 4) is 11.1 Å². The molecule has 6 N–H and O–H groups in total. The van der Waals surface area contributed by atoms with E-state index in [4.69, 9.17) is 35.3 Å². The minimum Gasteiger partial charge on any atom is -0.397 e. The number of primary amides is 1. The highest BCUT2D eigenvalue weighted by Gasteiger charge is 2.13. The van der Waals surface area contributed by atoms with E-state index in [1.165, 1.54) is 6.07 Å². The quantitative estimate of drug-likeness (QED) is 0.368. The third-order valence-electron chi connectivity index (χ3n) is 3.98. The Hall–Kier alpha value is -3.16. The number of carbonyl (C=O) groups excluding carboxylic acids is 1. The smallest absolute Gasteiger partial charge is 0.251 e. The first-order valence-corrected chi connectivity index (χ1v) is 8.95. The zero-order valence-corrected chi connectivity index (χ0v) is 16.1.